The van der Waals surface area contributed by atoms with Crippen molar-refractivity contribution in [2.75, 3.05) is 26.5 Å². The van der Waals surface area contributed by atoms with Crippen molar-refractivity contribution in [3.8, 4) is 23.3 Å². The van der Waals surface area contributed by atoms with Gasteiger partial charge in [-0.1, -0.05) is 24.3 Å². The zero-order chi connectivity index (χ0) is 22.9. The Morgan fingerprint density at radius 2 is 1.88 bits per heavy atom. The van der Waals surface area contributed by atoms with Crippen LogP contribution in [0.3, 0.4) is 0 Å². The number of anilines is 1. The van der Waals surface area contributed by atoms with Gasteiger partial charge in [0.1, 0.15) is 17.5 Å². The minimum Gasteiger partial charge on any atom is -0.493 e. The SMILES string of the molecule is COc1ccc(CN=C(N)NCCCc2nn(-c3ccccc3)c(N)c2C#N)cc1OC.I. The van der Waals surface area contributed by atoms with E-state index in [0.717, 1.165) is 11.3 Å². The van der Waals surface area contributed by atoms with Crippen molar-refractivity contribution >= 4 is 35.8 Å². The number of aliphatic imine (C=N–C) groups is 1. The van der Waals surface area contributed by atoms with Crippen LogP contribution in [0.1, 0.15) is 23.2 Å². The Balaban J connectivity index is 0.00000385. The highest BCUT2D eigenvalue weighted by Crippen LogP contribution is 2.27. The zero-order valence-corrected chi connectivity index (χ0v) is 20.9. The molecule has 174 valence electrons. The second-order valence-corrected chi connectivity index (χ2v) is 6.99. The molecule has 0 aliphatic rings. The highest BCUT2D eigenvalue weighted by Gasteiger charge is 2.16. The average Bonchev–Trinajstić information content (AvgIpc) is 3.15. The van der Waals surface area contributed by atoms with E-state index in [1.54, 1.807) is 18.9 Å². The van der Waals surface area contributed by atoms with Crippen LogP contribution in [0.4, 0.5) is 5.82 Å². The summed E-state index contributed by atoms with van der Waals surface area (Å²) >= 11 is 0. The van der Waals surface area contributed by atoms with Gasteiger partial charge in [-0.3, -0.25) is 0 Å². The quantitative estimate of drug-likeness (QED) is 0.158. The molecule has 0 spiro atoms. The summed E-state index contributed by atoms with van der Waals surface area (Å²) in [5.74, 6) is 2.00. The van der Waals surface area contributed by atoms with Crippen molar-refractivity contribution in [3.63, 3.8) is 0 Å². The third-order valence-corrected chi connectivity index (χ3v) is 4.88. The van der Waals surface area contributed by atoms with Gasteiger partial charge < -0.3 is 26.3 Å². The summed E-state index contributed by atoms with van der Waals surface area (Å²) in [5.41, 5.74) is 15.0. The number of benzene rings is 2. The van der Waals surface area contributed by atoms with Crippen LogP contribution < -0.4 is 26.3 Å². The molecule has 0 aliphatic carbocycles. The van der Waals surface area contributed by atoms with Gasteiger partial charge in [0.2, 0.25) is 0 Å². The molecule has 1 aromatic heterocycles. The minimum atomic E-state index is 0. The highest BCUT2D eigenvalue weighted by molar-refractivity contribution is 14.0. The van der Waals surface area contributed by atoms with Gasteiger partial charge in [-0.15, -0.1) is 24.0 Å². The van der Waals surface area contributed by atoms with Crippen LogP contribution in [0.25, 0.3) is 5.69 Å². The summed E-state index contributed by atoms with van der Waals surface area (Å²) in [7, 11) is 3.19. The first-order chi connectivity index (χ1) is 15.6. The van der Waals surface area contributed by atoms with Crippen LogP contribution >= 0.6 is 24.0 Å². The normalized spacial score (nSPS) is 10.8. The predicted molar refractivity (Wildman–Crippen MR) is 139 cm³/mol. The number of nitrogens with one attached hydrogen (secondary N) is 1. The van der Waals surface area contributed by atoms with Gasteiger partial charge in [-0.05, 0) is 42.7 Å². The van der Waals surface area contributed by atoms with Crippen LogP contribution in [0, 0.1) is 11.3 Å². The smallest absolute Gasteiger partial charge is 0.188 e. The number of nitrogens with zero attached hydrogens (tertiary/aromatic N) is 4. The van der Waals surface area contributed by atoms with E-state index in [4.69, 9.17) is 20.9 Å². The number of hydrogen-bond donors (Lipinski definition) is 3. The van der Waals surface area contributed by atoms with Crippen LogP contribution in [0.2, 0.25) is 0 Å². The molecular formula is C23H28IN7O2. The maximum absolute atomic E-state index is 9.50. The second kappa shape index (κ2) is 12.5. The lowest BCUT2D eigenvalue weighted by Gasteiger charge is -2.09. The van der Waals surface area contributed by atoms with Crippen molar-refractivity contribution in [2.45, 2.75) is 19.4 Å². The van der Waals surface area contributed by atoms with E-state index in [9.17, 15) is 5.26 Å². The molecule has 0 bridgehead atoms. The van der Waals surface area contributed by atoms with Crippen LogP contribution in [-0.4, -0.2) is 36.5 Å². The Kier molecular flexibility index (Phi) is 9.81. The molecule has 3 rings (SSSR count). The highest BCUT2D eigenvalue weighted by atomic mass is 127. The molecule has 0 amide bonds. The van der Waals surface area contributed by atoms with Gasteiger partial charge >= 0.3 is 0 Å². The monoisotopic (exact) mass is 561 g/mol. The van der Waals surface area contributed by atoms with Gasteiger partial charge in [0, 0.05) is 6.54 Å². The van der Waals surface area contributed by atoms with Gasteiger partial charge in [0.25, 0.3) is 0 Å². The fourth-order valence-corrected chi connectivity index (χ4v) is 3.22. The maximum Gasteiger partial charge on any atom is 0.188 e. The molecule has 0 atom stereocenters. The molecule has 0 saturated heterocycles. The number of guanidine groups is 1. The van der Waals surface area contributed by atoms with E-state index in [1.165, 1.54) is 0 Å². The zero-order valence-electron chi connectivity index (χ0n) is 18.6. The molecule has 9 nitrogen and oxygen atoms in total. The topological polar surface area (TPSA) is 136 Å². The Labute approximate surface area is 210 Å². The first-order valence-corrected chi connectivity index (χ1v) is 10.1. The molecule has 3 aromatic rings. The van der Waals surface area contributed by atoms with E-state index in [2.05, 4.69) is 21.5 Å². The number of halogens is 1. The number of methoxy groups -OCH3 is 2. The number of para-hydroxylation sites is 1. The Bertz CT molecular complexity index is 1120. The van der Waals surface area contributed by atoms with Gasteiger partial charge in [0.15, 0.2) is 17.5 Å². The summed E-state index contributed by atoms with van der Waals surface area (Å²) in [4.78, 5) is 4.36. The van der Waals surface area contributed by atoms with Crippen molar-refractivity contribution in [3.05, 3.63) is 65.4 Å². The van der Waals surface area contributed by atoms with Gasteiger partial charge in [-0.25, -0.2) is 9.67 Å². The largest absolute Gasteiger partial charge is 0.493 e. The van der Waals surface area contributed by atoms with E-state index < -0.39 is 0 Å². The molecule has 0 radical (unpaired) electrons. The van der Waals surface area contributed by atoms with E-state index in [-0.39, 0.29) is 24.0 Å². The van der Waals surface area contributed by atoms with Crippen LogP contribution in [0.15, 0.2) is 53.5 Å². The molecule has 0 aliphatic heterocycles. The lowest BCUT2D eigenvalue weighted by Crippen LogP contribution is -2.32. The number of aryl methyl sites for hydroxylation is 1. The van der Waals surface area contributed by atoms with Crippen molar-refractivity contribution in [1.82, 2.24) is 15.1 Å². The molecule has 0 saturated carbocycles. The molecule has 5 N–H and O–H groups in total. The number of nitrogen functional groups attached to an aromatic ring is 1. The summed E-state index contributed by atoms with van der Waals surface area (Å²) in [6.45, 7) is 1.00. The molecule has 1 heterocycles. The van der Waals surface area contributed by atoms with Crippen LogP contribution in [0.5, 0.6) is 11.5 Å². The number of ether oxygens (including phenoxy) is 2. The predicted octanol–water partition coefficient (Wildman–Crippen LogP) is 3.00. The van der Waals surface area contributed by atoms with Crippen molar-refractivity contribution in [1.29, 1.82) is 5.26 Å². The first-order valence-electron chi connectivity index (χ1n) is 10.1. The lowest BCUT2D eigenvalue weighted by molar-refractivity contribution is 0.354. The number of nitrogens with two attached hydrogens (primary N) is 2. The Morgan fingerprint density at radius 1 is 1.15 bits per heavy atom. The third-order valence-electron chi connectivity index (χ3n) is 4.88. The number of nitriles is 1. The molecule has 10 heteroatoms. The lowest BCUT2D eigenvalue weighted by atomic mass is 10.1. The Morgan fingerprint density at radius 3 is 2.55 bits per heavy atom. The van der Waals surface area contributed by atoms with E-state index in [0.29, 0.717) is 60.5 Å². The summed E-state index contributed by atoms with van der Waals surface area (Å²) in [5, 5.41) is 17.1. The molecule has 2 aromatic carbocycles. The molecule has 33 heavy (non-hydrogen) atoms. The second-order valence-electron chi connectivity index (χ2n) is 6.99. The van der Waals surface area contributed by atoms with E-state index in [1.807, 2.05) is 48.5 Å². The van der Waals surface area contributed by atoms with E-state index >= 15 is 0 Å². The van der Waals surface area contributed by atoms with Gasteiger partial charge in [-0.2, -0.15) is 10.4 Å². The van der Waals surface area contributed by atoms with Crippen molar-refractivity contribution < 1.29 is 9.47 Å². The molecular weight excluding hydrogens is 533 g/mol. The third kappa shape index (κ3) is 6.52. The molecule has 0 unspecified atom stereocenters. The standard InChI is InChI=1S/C23H27N7O2.HI/c1-31-20-11-10-16(13-21(20)32-2)15-28-23(26)27-12-6-9-19-18(14-24)22(25)30(29-19)17-7-4-3-5-8-17;/h3-5,7-8,10-11,13H,6,9,12,15,25H2,1-2H3,(H3,26,27,28);1H. The molecule has 0 fully saturated rings. The minimum absolute atomic E-state index is 0. The fourth-order valence-electron chi connectivity index (χ4n) is 3.22. The Hall–Kier alpha value is -3.46. The number of aromatic nitrogens is 2. The summed E-state index contributed by atoms with van der Waals surface area (Å²) in [6.07, 6.45) is 1.30. The fraction of sp³-hybridized carbons (Fsp3) is 0.261. The number of rotatable bonds is 9. The number of hydrogen-bond acceptors (Lipinski definition) is 6. The summed E-state index contributed by atoms with van der Waals surface area (Å²) < 4.78 is 12.1. The summed E-state index contributed by atoms with van der Waals surface area (Å²) in [6, 6.07) is 17.3. The van der Waals surface area contributed by atoms with Gasteiger partial charge in [0.05, 0.1) is 32.1 Å². The maximum atomic E-state index is 9.50. The van der Waals surface area contributed by atoms with Crippen molar-refractivity contribution in [2.24, 2.45) is 10.7 Å². The average molecular weight is 561 g/mol. The van der Waals surface area contributed by atoms with Crippen LogP contribution in [-0.2, 0) is 13.0 Å². The first kappa shape index (κ1) is 25.8.